The molecule has 134 valence electrons. The van der Waals surface area contributed by atoms with Gasteiger partial charge in [0, 0.05) is 4.47 Å². The van der Waals surface area contributed by atoms with E-state index < -0.39 is 12.4 Å². The van der Waals surface area contributed by atoms with Gasteiger partial charge < -0.3 is 28.8 Å². The zero-order valence-electron chi connectivity index (χ0n) is 13.9. The van der Waals surface area contributed by atoms with Crippen LogP contribution < -0.4 is 18.9 Å². The van der Waals surface area contributed by atoms with Crippen molar-refractivity contribution >= 4 is 15.9 Å². The lowest BCUT2D eigenvalue weighted by Crippen LogP contribution is -2.42. The van der Waals surface area contributed by atoms with Gasteiger partial charge in [0.05, 0.1) is 27.4 Å². The lowest BCUT2D eigenvalue weighted by molar-refractivity contribution is -0.136. The topological polar surface area (TPSA) is 66.4 Å². The van der Waals surface area contributed by atoms with Crippen molar-refractivity contribution in [3.8, 4) is 23.0 Å². The number of hydrogen-bond acceptors (Lipinski definition) is 6. The van der Waals surface area contributed by atoms with Gasteiger partial charge >= 0.3 is 0 Å². The number of benzene rings is 2. The minimum Gasteiger partial charge on any atom is -0.497 e. The molecular formula is C18H19BrO6. The Kier molecular flexibility index (Phi) is 5.67. The summed E-state index contributed by atoms with van der Waals surface area (Å²) in [6, 6.07) is 11.1. The molecule has 2 aromatic carbocycles. The SMILES string of the molecule is COc1ccc(COC[C@H]2Oc3c(OC)cc(Br)cc3OC2O)cc1. The van der Waals surface area contributed by atoms with Crippen LogP contribution in [0.4, 0.5) is 0 Å². The minimum atomic E-state index is -1.12. The molecule has 0 radical (unpaired) electrons. The van der Waals surface area contributed by atoms with Crippen molar-refractivity contribution in [1.29, 1.82) is 0 Å². The molecular weight excluding hydrogens is 392 g/mol. The van der Waals surface area contributed by atoms with Gasteiger partial charge in [0.25, 0.3) is 0 Å². The largest absolute Gasteiger partial charge is 0.497 e. The third-order valence-corrected chi connectivity index (χ3v) is 4.21. The molecule has 2 atom stereocenters. The fourth-order valence-electron chi connectivity index (χ4n) is 2.45. The number of hydrogen-bond donors (Lipinski definition) is 1. The summed E-state index contributed by atoms with van der Waals surface area (Å²) < 4.78 is 28.2. The van der Waals surface area contributed by atoms with Crippen molar-refractivity contribution in [2.75, 3.05) is 20.8 Å². The predicted molar refractivity (Wildman–Crippen MR) is 94.4 cm³/mol. The van der Waals surface area contributed by atoms with Crippen LogP contribution in [-0.4, -0.2) is 38.3 Å². The van der Waals surface area contributed by atoms with Gasteiger partial charge in [-0.25, -0.2) is 0 Å². The van der Waals surface area contributed by atoms with Crippen LogP contribution in [0.1, 0.15) is 5.56 Å². The Balaban J connectivity index is 1.61. The maximum Gasteiger partial charge on any atom is 0.237 e. The summed E-state index contributed by atoms with van der Waals surface area (Å²) in [4.78, 5) is 0. The van der Waals surface area contributed by atoms with Gasteiger partial charge in [-0.3, -0.25) is 0 Å². The van der Waals surface area contributed by atoms with Gasteiger partial charge in [-0.05, 0) is 29.8 Å². The number of methoxy groups -OCH3 is 2. The first-order valence-electron chi connectivity index (χ1n) is 7.70. The van der Waals surface area contributed by atoms with Crippen molar-refractivity contribution in [1.82, 2.24) is 0 Å². The maximum absolute atomic E-state index is 10.1. The van der Waals surface area contributed by atoms with Gasteiger partial charge in [-0.2, -0.15) is 0 Å². The van der Waals surface area contributed by atoms with E-state index in [1.54, 1.807) is 26.4 Å². The number of rotatable bonds is 6. The van der Waals surface area contributed by atoms with E-state index in [-0.39, 0.29) is 6.61 Å². The molecule has 1 unspecified atom stereocenters. The standard InChI is InChI=1S/C18H19BrO6/c1-21-13-5-3-11(4-6-13)9-23-10-16-18(20)25-15-8-12(19)7-14(22-2)17(15)24-16/h3-8,16,18,20H,9-10H2,1-2H3/t16-,18?/m1/s1. The Hall–Kier alpha value is -1.96. The molecule has 0 saturated heterocycles. The Morgan fingerprint density at radius 3 is 2.52 bits per heavy atom. The highest BCUT2D eigenvalue weighted by Crippen LogP contribution is 2.43. The quantitative estimate of drug-likeness (QED) is 0.788. The number of aliphatic hydroxyl groups excluding tert-OH is 1. The van der Waals surface area contributed by atoms with E-state index in [0.717, 1.165) is 15.8 Å². The van der Waals surface area contributed by atoms with Crippen LogP contribution in [-0.2, 0) is 11.3 Å². The molecule has 0 aliphatic carbocycles. The molecule has 6 nitrogen and oxygen atoms in total. The molecule has 0 amide bonds. The van der Waals surface area contributed by atoms with Crippen LogP contribution in [0.2, 0.25) is 0 Å². The summed E-state index contributed by atoms with van der Waals surface area (Å²) in [5, 5.41) is 10.1. The second-order valence-corrected chi connectivity index (χ2v) is 6.38. The molecule has 0 saturated carbocycles. The fourth-order valence-corrected chi connectivity index (χ4v) is 2.86. The normalized spacial score (nSPS) is 18.7. The summed E-state index contributed by atoms with van der Waals surface area (Å²) >= 11 is 3.36. The molecule has 2 aromatic rings. The molecule has 1 heterocycles. The molecule has 1 aliphatic heterocycles. The van der Waals surface area contributed by atoms with Crippen molar-refractivity contribution in [3.63, 3.8) is 0 Å². The van der Waals surface area contributed by atoms with Crippen LogP contribution >= 0.6 is 15.9 Å². The van der Waals surface area contributed by atoms with Gasteiger partial charge in [0.2, 0.25) is 12.0 Å². The maximum atomic E-state index is 10.1. The molecule has 0 spiro atoms. The molecule has 3 rings (SSSR count). The highest BCUT2D eigenvalue weighted by Gasteiger charge is 2.32. The zero-order valence-corrected chi connectivity index (χ0v) is 15.5. The Morgan fingerprint density at radius 2 is 1.84 bits per heavy atom. The number of aliphatic hydroxyl groups is 1. The fraction of sp³-hybridized carbons (Fsp3) is 0.333. The Morgan fingerprint density at radius 1 is 1.08 bits per heavy atom. The van der Waals surface area contributed by atoms with Gasteiger partial charge in [0.1, 0.15) is 5.75 Å². The van der Waals surface area contributed by atoms with Crippen LogP contribution in [0.25, 0.3) is 0 Å². The third-order valence-electron chi connectivity index (χ3n) is 3.75. The number of fused-ring (bicyclic) bond motifs is 1. The number of ether oxygens (including phenoxy) is 5. The summed E-state index contributed by atoms with van der Waals surface area (Å²) in [6.45, 7) is 0.562. The average molecular weight is 411 g/mol. The van der Waals surface area contributed by atoms with E-state index in [2.05, 4.69) is 15.9 Å². The van der Waals surface area contributed by atoms with Crippen LogP contribution in [0.3, 0.4) is 0 Å². The lowest BCUT2D eigenvalue weighted by Gasteiger charge is -2.31. The first-order chi connectivity index (χ1) is 12.1. The van der Waals surface area contributed by atoms with Crippen LogP contribution in [0.5, 0.6) is 23.0 Å². The summed E-state index contributed by atoms with van der Waals surface area (Å²) in [6.07, 6.45) is -1.77. The molecule has 1 aliphatic rings. The zero-order chi connectivity index (χ0) is 17.8. The van der Waals surface area contributed by atoms with Gasteiger partial charge in [0.15, 0.2) is 17.6 Å². The highest BCUT2D eigenvalue weighted by atomic mass is 79.9. The predicted octanol–water partition coefficient (Wildman–Crippen LogP) is 3.14. The second-order valence-electron chi connectivity index (χ2n) is 5.46. The van der Waals surface area contributed by atoms with E-state index in [0.29, 0.717) is 23.9 Å². The first-order valence-corrected chi connectivity index (χ1v) is 8.49. The Labute approximate surface area is 154 Å². The van der Waals surface area contributed by atoms with Crippen LogP contribution in [0, 0.1) is 0 Å². The summed E-state index contributed by atoms with van der Waals surface area (Å²) in [7, 11) is 3.17. The monoisotopic (exact) mass is 410 g/mol. The minimum absolute atomic E-state index is 0.172. The molecule has 0 bridgehead atoms. The van der Waals surface area contributed by atoms with E-state index in [9.17, 15) is 5.11 Å². The molecule has 7 heteroatoms. The molecule has 0 fully saturated rings. The first kappa shape index (κ1) is 17.8. The number of halogens is 1. The highest BCUT2D eigenvalue weighted by molar-refractivity contribution is 9.10. The van der Waals surface area contributed by atoms with E-state index in [1.165, 1.54) is 0 Å². The Bertz CT molecular complexity index is 718. The van der Waals surface area contributed by atoms with Gasteiger partial charge in [-0.15, -0.1) is 0 Å². The van der Waals surface area contributed by atoms with Gasteiger partial charge in [-0.1, -0.05) is 28.1 Å². The van der Waals surface area contributed by atoms with Crippen molar-refractivity contribution in [2.24, 2.45) is 0 Å². The summed E-state index contributed by atoms with van der Waals surface area (Å²) in [5.41, 5.74) is 0.994. The summed E-state index contributed by atoms with van der Waals surface area (Å²) in [5.74, 6) is 2.19. The molecule has 0 aromatic heterocycles. The van der Waals surface area contributed by atoms with Crippen LogP contribution in [0.15, 0.2) is 40.9 Å². The third kappa shape index (κ3) is 4.18. The van der Waals surface area contributed by atoms with E-state index in [1.807, 2.05) is 24.3 Å². The smallest absolute Gasteiger partial charge is 0.237 e. The second kappa shape index (κ2) is 7.95. The lowest BCUT2D eigenvalue weighted by atomic mass is 10.2. The molecule has 1 N–H and O–H groups in total. The van der Waals surface area contributed by atoms with E-state index in [4.69, 9.17) is 23.7 Å². The van der Waals surface area contributed by atoms with E-state index >= 15 is 0 Å². The van der Waals surface area contributed by atoms with Crippen molar-refractivity contribution < 1.29 is 28.8 Å². The molecule has 25 heavy (non-hydrogen) atoms. The van der Waals surface area contributed by atoms with Crippen molar-refractivity contribution in [3.05, 3.63) is 46.4 Å². The van der Waals surface area contributed by atoms with Crippen molar-refractivity contribution in [2.45, 2.75) is 19.0 Å². The average Bonchev–Trinajstić information content (AvgIpc) is 2.62.